The number of hydrogen-bond acceptors (Lipinski definition) is 5. The van der Waals surface area contributed by atoms with Crippen molar-refractivity contribution in [2.75, 3.05) is 50.3 Å². The molecule has 8 heteroatoms. The highest BCUT2D eigenvalue weighted by molar-refractivity contribution is 14.0. The summed E-state index contributed by atoms with van der Waals surface area (Å²) in [6, 6.07) is 14.7. The van der Waals surface area contributed by atoms with Crippen LogP contribution >= 0.6 is 35.7 Å². The summed E-state index contributed by atoms with van der Waals surface area (Å²) in [6.45, 7) is 6.43. The number of ether oxygens (including phenoxy) is 2. The Kier molecular flexibility index (Phi) is 11.1. The van der Waals surface area contributed by atoms with Crippen molar-refractivity contribution < 1.29 is 9.47 Å². The van der Waals surface area contributed by atoms with Gasteiger partial charge < -0.3 is 25.0 Å². The zero-order valence-electron chi connectivity index (χ0n) is 18.5. The first kappa shape index (κ1) is 25.5. The lowest BCUT2D eigenvalue weighted by molar-refractivity contribution is 0.354. The molecule has 1 saturated heterocycles. The van der Waals surface area contributed by atoms with Gasteiger partial charge in [0.2, 0.25) is 0 Å². The van der Waals surface area contributed by atoms with E-state index in [1.165, 1.54) is 22.8 Å². The molecule has 1 fully saturated rings. The highest BCUT2D eigenvalue weighted by Crippen LogP contribution is 2.27. The molecule has 0 atom stereocenters. The van der Waals surface area contributed by atoms with Gasteiger partial charge in [-0.15, -0.1) is 24.0 Å². The maximum atomic E-state index is 5.38. The van der Waals surface area contributed by atoms with Gasteiger partial charge in [-0.05, 0) is 42.3 Å². The minimum atomic E-state index is 0. The molecule has 0 unspecified atom stereocenters. The lowest BCUT2D eigenvalue weighted by Crippen LogP contribution is -2.36. The van der Waals surface area contributed by atoms with Crippen molar-refractivity contribution in [2.45, 2.75) is 20.0 Å². The number of aliphatic imine (C=N–C) groups is 1. The SMILES string of the molecule is CCNC(=NCc1ccc(OC)c(OC)c1)NCc1ccc(N2CCSCC2)cc1.I. The molecule has 2 aromatic carbocycles. The smallest absolute Gasteiger partial charge is 0.191 e. The first-order chi connectivity index (χ1) is 14.7. The predicted octanol–water partition coefficient (Wildman–Crippen LogP) is 4.13. The predicted molar refractivity (Wildman–Crippen MR) is 143 cm³/mol. The van der Waals surface area contributed by atoms with Crippen LogP contribution in [0.2, 0.25) is 0 Å². The van der Waals surface area contributed by atoms with Gasteiger partial charge in [0.15, 0.2) is 17.5 Å². The summed E-state index contributed by atoms with van der Waals surface area (Å²) in [5.41, 5.74) is 3.61. The maximum Gasteiger partial charge on any atom is 0.191 e. The van der Waals surface area contributed by atoms with Gasteiger partial charge in [0.1, 0.15) is 0 Å². The fourth-order valence-electron chi connectivity index (χ4n) is 3.32. The van der Waals surface area contributed by atoms with Gasteiger partial charge in [-0.2, -0.15) is 11.8 Å². The van der Waals surface area contributed by atoms with Gasteiger partial charge in [-0.25, -0.2) is 4.99 Å². The Labute approximate surface area is 207 Å². The summed E-state index contributed by atoms with van der Waals surface area (Å²) in [6.07, 6.45) is 0. The molecule has 0 aromatic heterocycles. The lowest BCUT2D eigenvalue weighted by atomic mass is 10.2. The summed E-state index contributed by atoms with van der Waals surface area (Å²) in [7, 11) is 3.28. The number of benzene rings is 2. The number of rotatable bonds is 8. The molecule has 31 heavy (non-hydrogen) atoms. The highest BCUT2D eigenvalue weighted by atomic mass is 127. The fraction of sp³-hybridized carbons (Fsp3) is 0.435. The number of thioether (sulfide) groups is 1. The van der Waals surface area contributed by atoms with E-state index in [0.717, 1.165) is 49.2 Å². The Bertz CT molecular complexity index is 827. The van der Waals surface area contributed by atoms with Crippen molar-refractivity contribution in [1.82, 2.24) is 10.6 Å². The van der Waals surface area contributed by atoms with Crippen molar-refractivity contribution in [3.05, 3.63) is 53.6 Å². The molecule has 0 amide bonds. The van der Waals surface area contributed by atoms with Crippen LogP contribution in [-0.4, -0.2) is 51.3 Å². The summed E-state index contributed by atoms with van der Waals surface area (Å²) in [4.78, 5) is 7.17. The Balaban J connectivity index is 0.00000341. The number of methoxy groups -OCH3 is 2. The van der Waals surface area contributed by atoms with Gasteiger partial charge >= 0.3 is 0 Å². The van der Waals surface area contributed by atoms with E-state index in [4.69, 9.17) is 14.5 Å². The summed E-state index contributed by atoms with van der Waals surface area (Å²) < 4.78 is 10.7. The number of halogens is 1. The molecule has 0 aliphatic carbocycles. The largest absolute Gasteiger partial charge is 0.493 e. The Morgan fingerprint density at radius 3 is 2.29 bits per heavy atom. The van der Waals surface area contributed by atoms with Gasteiger partial charge in [-0.3, -0.25) is 0 Å². The quantitative estimate of drug-likeness (QED) is 0.290. The van der Waals surface area contributed by atoms with E-state index in [1.54, 1.807) is 14.2 Å². The first-order valence-corrected chi connectivity index (χ1v) is 11.5. The van der Waals surface area contributed by atoms with Crippen molar-refractivity contribution >= 4 is 47.4 Å². The monoisotopic (exact) mass is 556 g/mol. The van der Waals surface area contributed by atoms with Crippen LogP contribution in [0.3, 0.4) is 0 Å². The van der Waals surface area contributed by atoms with Crippen molar-refractivity contribution in [3.8, 4) is 11.5 Å². The minimum absolute atomic E-state index is 0. The molecule has 2 aromatic rings. The molecule has 1 aliphatic rings. The average Bonchev–Trinajstić information content (AvgIpc) is 2.81. The summed E-state index contributed by atoms with van der Waals surface area (Å²) in [5, 5.41) is 6.73. The average molecular weight is 557 g/mol. The summed E-state index contributed by atoms with van der Waals surface area (Å²) >= 11 is 2.03. The number of nitrogens with one attached hydrogen (secondary N) is 2. The van der Waals surface area contributed by atoms with Gasteiger partial charge in [0.25, 0.3) is 0 Å². The standard InChI is InChI=1S/C23H32N4O2S.HI/c1-4-24-23(26-17-19-7-10-21(28-2)22(15-19)29-3)25-16-18-5-8-20(9-6-18)27-11-13-30-14-12-27;/h5-10,15H,4,11-14,16-17H2,1-3H3,(H2,24,25,26);1H. The third-order valence-electron chi connectivity index (χ3n) is 4.98. The number of nitrogens with zero attached hydrogens (tertiary/aromatic N) is 2. The van der Waals surface area contributed by atoms with E-state index >= 15 is 0 Å². The zero-order chi connectivity index (χ0) is 21.2. The molecule has 6 nitrogen and oxygen atoms in total. The van der Waals surface area contributed by atoms with E-state index < -0.39 is 0 Å². The van der Waals surface area contributed by atoms with Gasteiger partial charge in [-0.1, -0.05) is 18.2 Å². The van der Waals surface area contributed by atoms with Crippen molar-refractivity contribution in [2.24, 2.45) is 4.99 Å². The van der Waals surface area contributed by atoms with E-state index in [0.29, 0.717) is 6.54 Å². The van der Waals surface area contributed by atoms with Crippen molar-refractivity contribution in [1.29, 1.82) is 0 Å². The van der Waals surface area contributed by atoms with E-state index in [-0.39, 0.29) is 24.0 Å². The minimum Gasteiger partial charge on any atom is -0.493 e. The topological polar surface area (TPSA) is 58.1 Å². The molecule has 1 aliphatic heterocycles. The Morgan fingerprint density at radius 1 is 0.968 bits per heavy atom. The Hall–Kier alpha value is -1.81. The maximum absolute atomic E-state index is 5.38. The molecule has 0 radical (unpaired) electrons. The van der Waals surface area contributed by atoms with Crippen LogP contribution in [0, 0.1) is 0 Å². The van der Waals surface area contributed by atoms with Crippen LogP contribution in [0.4, 0.5) is 5.69 Å². The third-order valence-corrected chi connectivity index (χ3v) is 5.93. The second kappa shape index (κ2) is 13.6. The highest BCUT2D eigenvalue weighted by Gasteiger charge is 2.11. The van der Waals surface area contributed by atoms with Crippen LogP contribution in [-0.2, 0) is 13.1 Å². The molecular weight excluding hydrogens is 523 g/mol. The number of anilines is 1. The molecule has 2 N–H and O–H groups in total. The normalized spacial score (nSPS) is 13.9. The van der Waals surface area contributed by atoms with Crippen LogP contribution in [0.25, 0.3) is 0 Å². The van der Waals surface area contributed by atoms with Gasteiger partial charge in [0.05, 0.1) is 20.8 Å². The molecule has 170 valence electrons. The zero-order valence-corrected chi connectivity index (χ0v) is 21.7. The van der Waals surface area contributed by atoms with E-state index in [1.807, 2.05) is 30.0 Å². The second-order valence-corrected chi connectivity index (χ2v) is 8.23. The second-order valence-electron chi connectivity index (χ2n) is 7.00. The van der Waals surface area contributed by atoms with Crippen LogP contribution in [0.15, 0.2) is 47.5 Å². The van der Waals surface area contributed by atoms with Crippen LogP contribution < -0.4 is 25.0 Å². The molecule has 3 rings (SSSR count). The third kappa shape index (κ3) is 7.68. The van der Waals surface area contributed by atoms with Gasteiger partial charge in [0, 0.05) is 43.4 Å². The van der Waals surface area contributed by atoms with E-state index in [9.17, 15) is 0 Å². The van der Waals surface area contributed by atoms with Crippen molar-refractivity contribution in [3.63, 3.8) is 0 Å². The van der Waals surface area contributed by atoms with Crippen LogP contribution in [0.5, 0.6) is 11.5 Å². The fourth-order valence-corrected chi connectivity index (χ4v) is 4.23. The molecular formula is C23H33IN4O2S. The number of hydrogen-bond donors (Lipinski definition) is 2. The molecule has 0 spiro atoms. The van der Waals surface area contributed by atoms with E-state index in [2.05, 4.69) is 46.7 Å². The molecule has 0 saturated carbocycles. The lowest BCUT2D eigenvalue weighted by Gasteiger charge is -2.28. The Morgan fingerprint density at radius 2 is 1.65 bits per heavy atom. The number of guanidine groups is 1. The first-order valence-electron chi connectivity index (χ1n) is 10.4. The summed E-state index contributed by atoms with van der Waals surface area (Å²) in [5.74, 6) is 4.67. The molecule has 0 bridgehead atoms. The molecule has 1 heterocycles. The van der Waals surface area contributed by atoms with Crippen LogP contribution in [0.1, 0.15) is 18.1 Å².